The molecular formula is C12H17F2N3O. The van der Waals surface area contributed by atoms with Gasteiger partial charge < -0.3 is 10.1 Å². The van der Waals surface area contributed by atoms with Crippen LogP contribution in [0.4, 0.5) is 14.5 Å². The number of alkyl halides is 2. The van der Waals surface area contributed by atoms with Gasteiger partial charge in [0.2, 0.25) is 0 Å². The van der Waals surface area contributed by atoms with Gasteiger partial charge in [0.15, 0.2) is 0 Å². The summed E-state index contributed by atoms with van der Waals surface area (Å²) in [6.45, 7) is 1.46. The molecule has 1 aromatic rings. The van der Waals surface area contributed by atoms with E-state index in [1.54, 1.807) is 6.20 Å². The third-order valence-electron chi connectivity index (χ3n) is 3.86. The zero-order valence-electron chi connectivity index (χ0n) is 10.3. The number of hydrogen-bond acceptors (Lipinski definition) is 3. The van der Waals surface area contributed by atoms with Gasteiger partial charge in [0.1, 0.15) is 6.54 Å². The molecule has 1 aromatic heterocycles. The van der Waals surface area contributed by atoms with Crippen LogP contribution in [0.25, 0.3) is 0 Å². The molecule has 0 amide bonds. The van der Waals surface area contributed by atoms with E-state index in [2.05, 4.69) is 10.4 Å². The number of nitrogens with one attached hydrogen (secondary N) is 1. The van der Waals surface area contributed by atoms with E-state index in [4.69, 9.17) is 4.74 Å². The minimum atomic E-state index is -2.37. The van der Waals surface area contributed by atoms with E-state index >= 15 is 0 Å². The molecule has 2 aliphatic rings. The normalized spacial score (nSPS) is 30.3. The second-order valence-electron chi connectivity index (χ2n) is 5.08. The maximum Gasteiger partial charge on any atom is 0.257 e. The highest BCUT2D eigenvalue weighted by Crippen LogP contribution is 2.36. The lowest BCUT2D eigenvalue weighted by Crippen LogP contribution is -2.30. The monoisotopic (exact) mass is 257 g/mol. The van der Waals surface area contributed by atoms with Gasteiger partial charge in [-0.3, -0.25) is 4.68 Å². The first-order valence-electron chi connectivity index (χ1n) is 6.36. The number of hydrogen-bond donors (Lipinski definition) is 1. The fourth-order valence-corrected chi connectivity index (χ4v) is 2.89. The average Bonchev–Trinajstić information content (AvgIpc) is 2.99. The maximum absolute atomic E-state index is 12.3. The minimum Gasteiger partial charge on any atom is -0.377 e. The van der Waals surface area contributed by atoms with E-state index in [9.17, 15) is 8.78 Å². The molecule has 2 bridgehead atoms. The molecule has 0 radical (unpaired) electrons. The molecule has 3 heterocycles. The molecule has 3 rings (SSSR count). The van der Waals surface area contributed by atoms with E-state index in [1.165, 1.54) is 4.68 Å². The summed E-state index contributed by atoms with van der Waals surface area (Å²) < 4.78 is 31.8. The second kappa shape index (κ2) is 4.50. The van der Waals surface area contributed by atoms with E-state index in [0.29, 0.717) is 12.1 Å². The SMILES string of the molecule is Cc1c(NC2CC3CCC2O3)cnn1CC(F)F. The topological polar surface area (TPSA) is 39.1 Å². The van der Waals surface area contributed by atoms with Gasteiger partial charge in [0, 0.05) is 0 Å². The molecule has 1 N–H and O–H groups in total. The lowest BCUT2D eigenvalue weighted by molar-refractivity contribution is 0.102. The Morgan fingerprint density at radius 3 is 3.00 bits per heavy atom. The highest BCUT2D eigenvalue weighted by Gasteiger charge is 2.40. The van der Waals surface area contributed by atoms with Crippen molar-refractivity contribution in [3.63, 3.8) is 0 Å². The molecule has 0 saturated carbocycles. The van der Waals surface area contributed by atoms with E-state index in [1.807, 2.05) is 6.92 Å². The highest BCUT2D eigenvalue weighted by atomic mass is 19.3. The predicted molar refractivity (Wildman–Crippen MR) is 62.9 cm³/mol. The molecule has 100 valence electrons. The minimum absolute atomic E-state index is 0.271. The van der Waals surface area contributed by atoms with Gasteiger partial charge in [-0.15, -0.1) is 0 Å². The van der Waals surface area contributed by atoms with Crippen LogP contribution in [0, 0.1) is 6.92 Å². The lowest BCUT2D eigenvalue weighted by atomic mass is 9.95. The van der Waals surface area contributed by atoms with Gasteiger partial charge >= 0.3 is 0 Å². The van der Waals surface area contributed by atoms with Crippen molar-refractivity contribution in [1.29, 1.82) is 0 Å². The third kappa shape index (κ3) is 2.09. The van der Waals surface area contributed by atoms with Crippen LogP contribution in [-0.4, -0.2) is 34.5 Å². The quantitative estimate of drug-likeness (QED) is 0.898. The van der Waals surface area contributed by atoms with Crippen molar-refractivity contribution < 1.29 is 13.5 Å². The Kier molecular flexibility index (Phi) is 2.97. The standard InChI is InChI=1S/C12H17F2N3O/c1-7-10(5-15-17(7)6-12(13)14)16-9-4-8-2-3-11(9)18-8/h5,8-9,11-12,16H,2-4,6H2,1H3. The van der Waals surface area contributed by atoms with Gasteiger partial charge in [0.25, 0.3) is 6.43 Å². The molecule has 2 saturated heterocycles. The van der Waals surface area contributed by atoms with Gasteiger partial charge in [-0.05, 0) is 26.2 Å². The fraction of sp³-hybridized carbons (Fsp3) is 0.750. The van der Waals surface area contributed by atoms with Gasteiger partial charge in [-0.1, -0.05) is 0 Å². The van der Waals surface area contributed by atoms with Gasteiger partial charge in [-0.2, -0.15) is 5.10 Å². The van der Waals surface area contributed by atoms with Crippen LogP contribution in [0.5, 0.6) is 0 Å². The third-order valence-corrected chi connectivity index (χ3v) is 3.86. The van der Waals surface area contributed by atoms with Crippen molar-refractivity contribution in [3.05, 3.63) is 11.9 Å². The van der Waals surface area contributed by atoms with E-state index in [0.717, 1.165) is 30.6 Å². The van der Waals surface area contributed by atoms with Crippen LogP contribution in [0.15, 0.2) is 6.20 Å². The second-order valence-corrected chi connectivity index (χ2v) is 5.08. The number of fused-ring (bicyclic) bond motifs is 2. The zero-order valence-corrected chi connectivity index (χ0v) is 10.3. The fourth-order valence-electron chi connectivity index (χ4n) is 2.89. The van der Waals surface area contributed by atoms with Gasteiger partial charge in [-0.25, -0.2) is 8.78 Å². The Hall–Kier alpha value is -1.17. The van der Waals surface area contributed by atoms with Gasteiger partial charge in [0.05, 0.1) is 35.8 Å². The number of rotatable bonds is 4. The molecule has 2 fully saturated rings. The van der Waals surface area contributed by atoms with E-state index in [-0.39, 0.29) is 12.6 Å². The Labute approximate surface area is 104 Å². The van der Waals surface area contributed by atoms with Crippen molar-refractivity contribution in [2.45, 2.75) is 57.4 Å². The van der Waals surface area contributed by atoms with E-state index < -0.39 is 6.43 Å². The molecule has 3 atom stereocenters. The number of halogens is 2. The van der Waals surface area contributed by atoms with Crippen LogP contribution in [0.1, 0.15) is 25.0 Å². The first-order valence-corrected chi connectivity index (χ1v) is 6.36. The molecule has 2 aliphatic heterocycles. The van der Waals surface area contributed by atoms with Crippen LogP contribution in [0.3, 0.4) is 0 Å². The summed E-state index contributed by atoms with van der Waals surface area (Å²) in [5.74, 6) is 0. The summed E-state index contributed by atoms with van der Waals surface area (Å²) in [5, 5.41) is 7.37. The Morgan fingerprint density at radius 1 is 1.56 bits per heavy atom. The zero-order chi connectivity index (χ0) is 12.7. The van der Waals surface area contributed by atoms with Crippen molar-refractivity contribution in [2.24, 2.45) is 0 Å². The molecule has 3 unspecified atom stereocenters. The summed E-state index contributed by atoms with van der Waals surface area (Å²) in [6.07, 6.45) is 3.14. The number of anilines is 1. The molecule has 4 nitrogen and oxygen atoms in total. The summed E-state index contributed by atoms with van der Waals surface area (Å²) in [4.78, 5) is 0. The summed E-state index contributed by atoms with van der Waals surface area (Å²) in [5.41, 5.74) is 1.61. The van der Waals surface area contributed by atoms with Crippen molar-refractivity contribution in [2.75, 3.05) is 5.32 Å². The van der Waals surface area contributed by atoms with Crippen LogP contribution >= 0.6 is 0 Å². The Morgan fingerprint density at radius 2 is 2.39 bits per heavy atom. The van der Waals surface area contributed by atoms with Crippen LogP contribution in [0.2, 0.25) is 0 Å². The molecule has 18 heavy (non-hydrogen) atoms. The van der Waals surface area contributed by atoms with Crippen molar-refractivity contribution >= 4 is 5.69 Å². The summed E-state index contributed by atoms with van der Waals surface area (Å²) in [7, 11) is 0. The smallest absolute Gasteiger partial charge is 0.257 e. The molecule has 6 heteroatoms. The summed E-state index contributed by atoms with van der Waals surface area (Å²) in [6, 6.07) is 0.298. The molecule has 0 spiro atoms. The number of aromatic nitrogens is 2. The number of nitrogens with zero attached hydrogens (tertiary/aromatic N) is 2. The molecule has 0 aromatic carbocycles. The van der Waals surface area contributed by atoms with Crippen molar-refractivity contribution in [1.82, 2.24) is 9.78 Å². The maximum atomic E-state index is 12.3. The predicted octanol–water partition coefficient (Wildman–Crippen LogP) is 2.19. The largest absolute Gasteiger partial charge is 0.377 e. The lowest BCUT2D eigenvalue weighted by Gasteiger charge is -2.20. The molecule has 0 aliphatic carbocycles. The number of ether oxygens (including phenoxy) is 1. The van der Waals surface area contributed by atoms with Crippen molar-refractivity contribution in [3.8, 4) is 0 Å². The Balaban J connectivity index is 1.68. The van der Waals surface area contributed by atoms with Crippen LogP contribution < -0.4 is 5.32 Å². The first kappa shape index (κ1) is 11.9. The Bertz CT molecular complexity index is 435. The highest BCUT2D eigenvalue weighted by molar-refractivity contribution is 5.47. The average molecular weight is 257 g/mol. The van der Waals surface area contributed by atoms with Crippen LogP contribution in [-0.2, 0) is 11.3 Å². The first-order chi connectivity index (χ1) is 8.63. The summed E-state index contributed by atoms with van der Waals surface area (Å²) >= 11 is 0. The molecular weight excluding hydrogens is 240 g/mol.